The fourth-order valence-electron chi connectivity index (χ4n) is 1.89. The average molecular weight is 287 g/mol. The molecular formula is C16H21N3O2. The number of hydrogen-bond donors (Lipinski definition) is 0. The summed E-state index contributed by atoms with van der Waals surface area (Å²) in [6.07, 6.45) is 0.876. The molecule has 5 heteroatoms. The number of carbonyl (C=O) groups is 2. The van der Waals surface area contributed by atoms with Gasteiger partial charge in [0.05, 0.1) is 24.7 Å². The van der Waals surface area contributed by atoms with E-state index < -0.39 is 0 Å². The highest BCUT2D eigenvalue weighted by Crippen LogP contribution is 2.06. The summed E-state index contributed by atoms with van der Waals surface area (Å²) in [5, 5.41) is 8.75. The molecule has 1 amide bonds. The van der Waals surface area contributed by atoms with Gasteiger partial charge in [0.1, 0.15) is 0 Å². The zero-order chi connectivity index (χ0) is 15.8. The van der Waals surface area contributed by atoms with Crippen molar-refractivity contribution in [3.63, 3.8) is 0 Å². The lowest BCUT2D eigenvalue weighted by Gasteiger charge is -2.22. The van der Waals surface area contributed by atoms with E-state index in [1.165, 1.54) is 4.90 Å². The van der Waals surface area contributed by atoms with Crippen molar-refractivity contribution in [3.05, 3.63) is 35.4 Å². The molecule has 0 fully saturated rings. The molecule has 0 radical (unpaired) electrons. The van der Waals surface area contributed by atoms with E-state index in [-0.39, 0.29) is 24.8 Å². The summed E-state index contributed by atoms with van der Waals surface area (Å²) in [7, 11) is 3.41. The third kappa shape index (κ3) is 5.36. The second-order valence-corrected chi connectivity index (χ2v) is 5.11. The minimum atomic E-state index is -0.0421. The van der Waals surface area contributed by atoms with Crippen LogP contribution in [-0.4, -0.2) is 55.2 Å². The molecule has 21 heavy (non-hydrogen) atoms. The number of amides is 1. The van der Waals surface area contributed by atoms with Crippen molar-refractivity contribution >= 4 is 11.7 Å². The fraction of sp³-hybridized carbons (Fsp3) is 0.438. The van der Waals surface area contributed by atoms with Gasteiger partial charge < -0.3 is 4.90 Å². The number of rotatable bonds is 7. The Morgan fingerprint density at radius 3 is 2.24 bits per heavy atom. The Kier molecular flexibility index (Phi) is 6.57. The van der Waals surface area contributed by atoms with Crippen molar-refractivity contribution in [1.29, 1.82) is 5.26 Å². The van der Waals surface area contributed by atoms with E-state index in [0.29, 0.717) is 17.7 Å². The normalized spacial score (nSPS) is 10.2. The van der Waals surface area contributed by atoms with E-state index >= 15 is 0 Å². The van der Waals surface area contributed by atoms with E-state index in [2.05, 4.69) is 0 Å². The lowest BCUT2D eigenvalue weighted by Crippen LogP contribution is -2.39. The molecule has 0 N–H and O–H groups in total. The average Bonchev–Trinajstić information content (AvgIpc) is 2.47. The van der Waals surface area contributed by atoms with Gasteiger partial charge in [-0.05, 0) is 25.1 Å². The first-order valence-electron chi connectivity index (χ1n) is 6.93. The van der Waals surface area contributed by atoms with Gasteiger partial charge in [-0.25, -0.2) is 0 Å². The Morgan fingerprint density at radius 2 is 1.76 bits per heavy atom. The molecule has 1 aromatic rings. The van der Waals surface area contributed by atoms with Crippen molar-refractivity contribution in [2.45, 2.75) is 13.3 Å². The monoisotopic (exact) mass is 287 g/mol. The zero-order valence-corrected chi connectivity index (χ0v) is 12.8. The fourth-order valence-corrected chi connectivity index (χ4v) is 1.89. The SMILES string of the molecule is CCCN(CC(=O)c1ccc(C#N)cc1)CC(=O)N(C)C. The minimum absolute atomic E-state index is 0.0175. The van der Waals surface area contributed by atoms with Crippen LogP contribution in [0.5, 0.6) is 0 Å². The third-order valence-corrected chi connectivity index (χ3v) is 3.10. The summed E-state index contributed by atoms with van der Waals surface area (Å²) >= 11 is 0. The highest BCUT2D eigenvalue weighted by molar-refractivity contribution is 5.98. The first-order chi connectivity index (χ1) is 9.97. The van der Waals surface area contributed by atoms with Gasteiger partial charge in [0.2, 0.25) is 5.91 Å². The largest absolute Gasteiger partial charge is 0.348 e. The summed E-state index contributed by atoms with van der Waals surface area (Å²) in [6, 6.07) is 8.58. The predicted octanol–water partition coefficient (Wildman–Crippen LogP) is 1.54. The van der Waals surface area contributed by atoms with Gasteiger partial charge in [0.25, 0.3) is 0 Å². The molecule has 112 valence electrons. The van der Waals surface area contributed by atoms with E-state index in [0.717, 1.165) is 6.42 Å². The second kappa shape index (κ2) is 8.18. The van der Waals surface area contributed by atoms with E-state index in [1.807, 2.05) is 17.9 Å². The van der Waals surface area contributed by atoms with Crippen molar-refractivity contribution in [1.82, 2.24) is 9.80 Å². The number of likely N-dealkylation sites (N-methyl/N-ethyl adjacent to an activating group) is 1. The number of carbonyl (C=O) groups excluding carboxylic acids is 2. The highest BCUT2D eigenvalue weighted by atomic mass is 16.2. The van der Waals surface area contributed by atoms with Crippen LogP contribution in [0, 0.1) is 11.3 Å². The van der Waals surface area contributed by atoms with Gasteiger partial charge in [0, 0.05) is 19.7 Å². The molecule has 1 rings (SSSR count). The van der Waals surface area contributed by atoms with Crippen LogP contribution in [-0.2, 0) is 4.79 Å². The molecule has 0 aliphatic carbocycles. The smallest absolute Gasteiger partial charge is 0.236 e. The zero-order valence-electron chi connectivity index (χ0n) is 12.8. The van der Waals surface area contributed by atoms with E-state index in [9.17, 15) is 9.59 Å². The third-order valence-electron chi connectivity index (χ3n) is 3.10. The van der Waals surface area contributed by atoms with E-state index in [1.54, 1.807) is 38.4 Å². The summed E-state index contributed by atoms with van der Waals surface area (Å²) in [6.45, 7) is 3.16. The number of hydrogen-bond acceptors (Lipinski definition) is 4. The number of benzene rings is 1. The first-order valence-corrected chi connectivity index (χ1v) is 6.93. The molecule has 0 saturated carbocycles. The molecule has 0 spiro atoms. The first kappa shape index (κ1) is 16.9. The van der Waals surface area contributed by atoms with Gasteiger partial charge in [-0.3, -0.25) is 14.5 Å². The van der Waals surface area contributed by atoms with Crippen molar-refractivity contribution in [2.75, 3.05) is 33.7 Å². The van der Waals surface area contributed by atoms with Gasteiger partial charge in [0.15, 0.2) is 5.78 Å². The summed E-state index contributed by atoms with van der Waals surface area (Å²) in [5.74, 6) is -0.0597. The Hall–Kier alpha value is -2.19. The van der Waals surface area contributed by atoms with Crippen LogP contribution < -0.4 is 0 Å². The van der Waals surface area contributed by atoms with Gasteiger partial charge in [-0.1, -0.05) is 19.1 Å². The maximum atomic E-state index is 12.2. The Morgan fingerprint density at radius 1 is 1.14 bits per heavy atom. The van der Waals surface area contributed by atoms with Crippen LogP contribution in [0.4, 0.5) is 0 Å². The predicted molar refractivity (Wildman–Crippen MR) is 80.9 cm³/mol. The van der Waals surface area contributed by atoms with Crippen LogP contribution in [0.2, 0.25) is 0 Å². The van der Waals surface area contributed by atoms with Crippen molar-refractivity contribution < 1.29 is 9.59 Å². The maximum Gasteiger partial charge on any atom is 0.236 e. The molecule has 0 aromatic heterocycles. The molecule has 0 unspecified atom stereocenters. The Balaban J connectivity index is 2.71. The molecule has 0 heterocycles. The van der Waals surface area contributed by atoms with Gasteiger partial charge >= 0.3 is 0 Å². The maximum absolute atomic E-state index is 12.2. The molecule has 0 aliphatic heterocycles. The quantitative estimate of drug-likeness (QED) is 0.714. The molecule has 0 atom stereocenters. The number of ketones is 1. The highest BCUT2D eigenvalue weighted by Gasteiger charge is 2.16. The van der Waals surface area contributed by atoms with Crippen molar-refractivity contribution in [2.24, 2.45) is 0 Å². The summed E-state index contributed by atoms with van der Waals surface area (Å²) < 4.78 is 0. The standard InChI is InChI=1S/C16H21N3O2/c1-4-9-19(12-16(21)18(2)3)11-15(20)14-7-5-13(10-17)6-8-14/h5-8H,4,9,11-12H2,1-3H3. The molecular weight excluding hydrogens is 266 g/mol. The van der Waals surface area contributed by atoms with Crippen LogP contribution in [0.25, 0.3) is 0 Å². The van der Waals surface area contributed by atoms with Crippen molar-refractivity contribution in [3.8, 4) is 6.07 Å². The Labute approximate surface area is 125 Å². The minimum Gasteiger partial charge on any atom is -0.348 e. The van der Waals surface area contributed by atoms with Crippen LogP contribution in [0.15, 0.2) is 24.3 Å². The van der Waals surface area contributed by atoms with Gasteiger partial charge in [-0.2, -0.15) is 5.26 Å². The van der Waals surface area contributed by atoms with Crippen LogP contribution in [0.3, 0.4) is 0 Å². The molecule has 0 saturated heterocycles. The molecule has 0 bridgehead atoms. The summed E-state index contributed by atoms with van der Waals surface area (Å²) in [4.78, 5) is 27.4. The Bertz CT molecular complexity index is 529. The molecule has 1 aromatic carbocycles. The molecule has 5 nitrogen and oxygen atoms in total. The van der Waals surface area contributed by atoms with Gasteiger partial charge in [-0.15, -0.1) is 0 Å². The topological polar surface area (TPSA) is 64.4 Å². The lowest BCUT2D eigenvalue weighted by atomic mass is 10.1. The summed E-state index contributed by atoms with van der Waals surface area (Å²) in [5.41, 5.74) is 1.09. The number of nitriles is 1. The van der Waals surface area contributed by atoms with E-state index in [4.69, 9.17) is 5.26 Å². The number of nitrogens with zero attached hydrogens (tertiary/aromatic N) is 3. The number of Topliss-reactive ketones (excluding diaryl/α,β-unsaturated/α-hetero) is 1. The molecule has 0 aliphatic rings. The van der Waals surface area contributed by atoms with Crippen LogP contribution >= 0.6 is 0 Å². The van der Waals surface area contributed by atoms with Crippen LogP contribution in [0.1, 0.15) is 29.3 Å². The lowest BCUT2D eigenvalue weighted by molar-refractivity contribution is -0.129. The second-order valence-electron chi connectivity index (χ2n) is 5.11.